The monoisotopic (exact) mass is 315 g/mol. The second kappa shape index (κ2) is 5.14. The van der Waals surface area contributed by atoms with Crippen LogP contribution in [-0.4, -0.2) is 28.9 Å². The summed E-state index contributed by atoms with van der Waals surface area (Å²) in [4.78, 5) is 19.0. The molecular weight excluding hydrogens is 298 g/mol. The highest BCUT2D eigenvalue weighted by molar-refractivity contribution is 6.23. The number of hydrogen-bond donors (Lipinski definition) is 1. The lowest BCUT2D eigenvalue weighted by Crippen LogP contribution is -2.44. The third kappa shape index (κ3) is 2.03. The van der Waals surface area contributed by atoms with Gasteiger partial charge in [-0.05, 0) is 23.3 Å². The first-order valence-corrected chi connectivity index (χ1v) is 8.29. The van der Waals surface area contributed by atoms with Crippen LogP contribution in [0.5, 0.6) is 0 Å². The summed E-state index contributed by atoms with van der Waals surface area (Å²) in [6.07, 6.45) is 1.79. The van der Waals surface area contributed by atoms with E-state index in [4.69, 9.17) is 0 Å². The summed E-state index contributed by atoms with van der Waals surface area (Å²) in [7, 11) is 0. The third-order valence-electron chi connectivity index (χ3n) is 5.06. The molecule has 3 heterocycles. The van der Waals surface area contributed by atoms with Crippen molar-refractivity contribution in [1.29, 1.82) is 0 Å². The molecule has 1 aromatic heterocycles. The van der Waals surface area contributed by atoms with E-state index in [0.29, 0.717) is 5.92 Å². The van der Waals surface area contributed by atoms with Gasteiger partial charge in [-0.25, -0.2) is 0 Å². The molecule has 5 rings (SSSR count). The summed E-state index contributed by atoms with van der Waals surface area (Å²) in [6, 6.07) is 16.5. The van der Waals surface area contributed by atoms with Crippen molar-refractivity contribution in [2.45, 2.75) is 12.5 Å². The van der Waals surface area contributed by atoms with E-state index in [2.05, 4.69) is 51.6 Å². The lowest BCUT2D eigenvalue weighted by atomic mass is 9.88. The maximum Gasteiger partial charge on any atom is 0.256 e. The average Bonchev–Trinajstić information content (AvgIpc) is 2.90. The number of carbonyl (C=O) groups is 1. The van der Waals surface area contributed by atoms with Gasteiger partial charge in [0.2, 0.25) is 0 Å². The molecular formula is C20H17N3O. The van der Waals surface area contributed by atoms with Gasteiger partial charge >= 0.3 is 0 Å². The molecule has 1 N–H and O–H groups in total. The van der Waals surface area contributed by atoms with Gasteiger partial charge in [0.15, 0.2) is 0 Å². The summed E-state index contributed by atoms with van der Waals surface area (Å²) in [5, 5.41) is 3.91. The number of amides is 1. The second-order valence-corrected chi connectivity index (χ2v) is 6.62. The fourth-order valence-electron chi connectivity index (χ4n) is 3.84. The molecule has 118 valence electrons. The maximum absolute atomic E-state index is 12.0. The molecule has 0 unspecified atom stereocenters. The van der Waals surface area contributed by atoms with Crippen molar-refractivity contribution >= 4 is 22.5 Å². The van der Waals surface area contributed by atoms with Gasteiger partial charge in [-0.1, -0.05) is 36.4 Å². The number of hydrogen-bond acceptors (Lipinski definition) is 3. The number of pyridine rings is 1. The van der Waals surface area contributed by atoms with Crippen LogP contribution in [0.15, 0.2) is 54.7 Å². The molecule has 1 saturated heterocycles. The largest absolute Gasteiger partial charge is 0.321 e. The molecule has 4 heteroatoms. The highest BCUT2D eigenvalue weighted by Gasteiger charge is 2.32. The highest BCUT2D eigenvalue weighted by Crippen LogP contribution is 2.38. The van der Waals surface area contributed by atoms with Gasteiger partial charge < -0.3 is 5.32 Å². The fourth-order valence-corrected chi connectivity index (χ4v) is 3.84. The molecule has 2 aliphatic rings. The number of anilines is 1. The van der Waals surface area contributed by atoms with Crippen molar-refractivity contribution in [3.05, 3.63) is 71.4 Å². The van der Waals surface area contributed by atoms with Crippen LogP contribution in [0.4, 0.5) is 5.69 Å². The SMILES string of the molecule is O=C1Nc2ccnc3c(C4CN(Cc5ccccc5)C4)ccc1c23. The van der Waals surface area contributed by atoms with Crippen molar-refractivity contribution in [3.8, 4) is 0 Å². The molecule has 2 aromatic carbocycles. The minimum Gasteiger partial charge on any atom is -0.321 e. The van der Waals surface area contributed by atoms with Gasteiger partial charge in [0.25, 0.3) is 5.91 Å². The molecule has 24 heavy (non-hydrogen) atoms. The Morgan fingerprint density at radius 1 is 1.08 bits per heavy atom. The zero-order chi connectivity index (χ0) is 16.1. The van der Waals surface area contributed by atoms with Crippen LogP contribution in [0.2, 0.25) is 0 Å². The first-order valence-electron chi connectivity index (χ1n) is 8.29. The normalized spacial score (nSPS) is 17.1. The standard InChI is InChI=1S/C20H17N3O/c24-20-16-7-6-15(19-18(16)17(22-20)8-9-21-19)14-11-23(12-14)10-13-4-2-1-3-5-13/h1-9,14H,10-12H2,(H,22,24). The predicted molar refractivity (Wildman–Crippen MR) is 94.2 cm³/mol. The Kier molecular flexibility index (Phi) is 2.94. The molecule has 0 saturated carbocycles. The quantitative estimate of drug-likeness (QED) is 0.806. The van der Waals surface area contributed by atoms with E-state index in [1.165, 1.54) is 11.1 Å². The Morgan fingerprint density at radius 3 is 2.75 bits per heavy atom. The topological polar surface area (TPSA) is 45.2 Å². The number of carbonyl (C=O) groups excluding carboxylic acids is 1. The zero-order valence-corrected chi connectivity index (χ0v) is 13.2. The van der Waals surface area contributed by atoms with Crippen LogP contribution in [0, 0.1) is 0 Å². The smallest absolute Gasteiger partial charge is 0.256 e. The van der Waals surface area contributed by atoms with Crippen LogP contribution in [0.25, 0.3) is 10.9 Å². The Balaban J connectivity index is 1.42. The van der Waals surface area contributed by atoms with Crippen LogP contribution < -0.4 is 5.32 Å². The Hall–Kier alpha value is -2.72. The van der Waals surface area contributed by atoms with Crippen molar-refractivity contribution in [1.82, 2.24) is 9.88 Å². The van der Waals surface area contributed by atoms with E-state index >= 15 is 0 Å². The van der Waals surface area contributed by atoms with Gasteiger partial charge in [-0.2, -0.15) is 0 Å². The van der Waals surface area contributed by atoms with Crippen LogP contribution >= 0.6 is 0 Å². The first-order chi connectivity index (χ1) is 11.8. The molecule has 1 amide bonds. The molecule has 2 aliphatic heterocycles. The molecule has 0 aliphatic carbocycles. The first kappa shape index (κ1) is 13.7. The van der Waals surface area contributed by atoms with E-state index in [-0.39, 0.29) is 5.91 Å². The summed E-state index contributed by atoms with van der Waals surface area (Å²) in [6.45, 7) is 3.07. The molecule has 1 fully saturated rings. The minimum absolute atomic E-state index is 0.0196. The Morgan fingerprint density at radius 2 is 1.92 bits per heavy atom. The lowest BCUT2D eigenvalue weighted by Gasteiger charge is -2.40. The predicted octanol–water partition coefficient (Wildman–Crippen LogP) is 3.40. The highest BCUT2D eigenvalue weighted by atomic mass is 16.1. The van der Waals surface area contributed by atoms with Crippen molar-refractivity contribution in [2.75, 3.05) is 18.4 Å². The summed E-state index contributed by atoms with van der Waals surface area (Å²) < 4.78 is 0. The van der Waals surface area contributed by atoms with E-state index in [9.17, 15) is 4.79 Å². The van der Waals surface area contributed by atoms with E-state index in [0.717, 1.165) is 41.8 Å². The van der Waals surface area contributed by atoms with Crippen LogP contribution in [0.3, 0.4) is 0 Å². The van der Waals surface area contributed by atoms with Crippen LogP contribution in [-0.2, 0) is 6.54 Å². The molecule has 3 aromatic rings. The van der Waals surface area contributed by atoms with E-state index in [1.807, 2.05) is 12.1 Å². The Bertz CT molecular complexity index is 946. The number of benzene rings is 2. The maximum atomic E-state index is 12.0. The fraction of sp³-hybridized carbons (Fsp3) is 0.200. The van der Waals surface area contributed by atoms with Gasteiger partial charge in [-0.15, -0.1) is 0 Å². The summed E-state index contributed by atoms with van der Waals surface area (Å²) >= 11 is 0. The van der Waals surface area contributed by atoms with Crippen LogP contribution in [0.1, 0.15) is 27.4 Å². The lowest BCUT2D eigenvalue weighted by molar-refractivity contribution is 0.103. The van der Waals surface area contributed by atoms with Crippen molar-refractivity contribution < 1.29 is 4.79 Å². The van der Waals surface area contributed by atoms with Crippen molar-refractivity contribution in [3.63, 3.8) is 0 Å². The summed E-state index contributed by atoms with van der Waals surface area (Å²) in [5.41, 5.74) is 5.23. The van der Waals surface area contributed by atoms with Gasteiger partial charge in [0.05, 0.1) is 16.8 Å². The summed E-state index contributed by atoms with van der Waals surface area (Å²) in [5.74, 6) is 0.468. The van der Waals surface area contributed by atoms with Gasteiger partial charge in [0, 0.05) is 37.1 Å². The second-order valence-electron chi connectivity index (χ2n) is 6.62. The molecule has 0 radical (unpaired) electrons. The van der Waals surface area contributed by atoms with Gasteiger partial charge in [-0.3, -0.25) is 14.7 Å². The number of aromatic nitrogens is 1. The third-order valence-corrected chi connectivity index (χ3v) is 5.06. The molecule has 0 atom stereocenters. The number of rotatable bonds is 3. The van der Waals surface area contributed by atoms with Gasteiger partial charge in [0.1, 0.15) is 0 Å². The number of nitrogens with zero attached hydrogens (tertiary/aromatic N) is 2. The van der Waals surface area contributed by atoms with Crippen molar-refractivity contribution in [2.24, 2.45) is 0 Å². The average molecular weight is 315 g/mol. The number of nitrogens with one attached hydrogen (secondary N) is 1. The zero-order valence-electron chi connectivity index (χ0n) is 13.2. The van der Waals surface area contributed by atoms with E-state index in [1.54, 1.807) is 6.20 Å². The molecule has 4 nitrogen and oxygen atoms in total. The van der Waals surface area contributed by atoms with E-state index < -0.39 is 0 Å². The molecule has 0 spiro atoms. The number of likely N-dealkylation sites (tertiary alicyclic amines) is 1. The minimum atomic E-state index is -0.0196. The Labute approximate surface area is 140 Å². The molecule has 0 bridgehead atoms.